The topological polar surface area (TPSA) is 66.0 Å². The van der Waals surface area contributed by atoms with Crippen LogP contribution in [0, 0.1) is 0 Å². The van der Waals surface area contributed by atoms with Crippen molar-refractivity contribution < 1.29 is 5.11 Å². The molecule has 5 heteroatoms. The summed E-state index contributed by atoms with van der Waals surface area (Å²) in [7, 11) is 0. The van der Waals surface area contributed by atoms with Crippen LogP contribution in [0.3, 0.4) is 0 Å². The van der Waals surface area contributed by atoms with Crippen molar-refractivity contribution in [3.63, 3.8) is 0 Å². The van der Waals surface area contributed by atoms with Gasteiger partial charge in [-0.15, -0.1) is 0 Å². The Hall–Kier alpha value is -0.810. The molecule has 1 aromatic rings. The molecule has 0 saturated carbocycles. The first-order valence-electron chi connectivity index (χ1n) is 3.54. The average molecular weight is 186 g/mol. The Morgan fingerprint density at radius 1 is 1.83 bits per heavy atom. The highest BCUT2D eigenvalue weighted by atomic mass is 32.2. The second kappa shape index (κ2) is 4.27. The summed E-state index contributed by atoms with van der Waals surface area (Å²) in [6.07, 6.45) is 1.06. The molecule has 0 aliphatic heterocycles. The summed E-state index contributed by atoms with van der Waals surface area (Å²) in [6, 6.07) is 1.35. The number of hydrogen-bond donors (Lipinski definition) is 2. The SMILES string of the molecule is C[C@H](O)CSc1nccc(=O)[nH]1. The zero-order valence-corrected chi connectivity index (χ0v) is 7.47. The smallest absolute Gasteiger partial charge is 0.251 e. The molecular weight excluding hydrogens is 176 g/mol. The van der Waals surface area contributed by atoms with E-state index in [1.807, 2.05) is 0 Å². The highest BCUT2D eigenvalue weighted by Gasteiger charge is 1.99. The summed E-state index contributed by atoms with van der Waals surface area (Å²) in [5.41, 5.74) is -0.168. The molecule has 0 aliphatic rings. The van der Waals surface area contributed by atoms with Gasteiger partial charge in [-0.3, -0.25) is 4.79 Å². The lowest BCUT2D eigenvalue weighted by Gasteiger charge is -2.01. The van der Waals surface area contributed by atoms with E-state index < -0.39 is 0 Å². The number of aliphatic hydroxyl groups is 1. The molecule has 1 heterocycles. The summed E-state index contributed by atoms with van der Waals surface area (Å²) in [5, 5.41) is 9.49. The summed E-state index contributed by atoms with van der Waals surface area (Å²) >= 11 is 1.33. The molecule has 0 amide bonds. The van der Waals surface area contributed by atoms with Crippen molar-refractivity contribution in [1.29, 1.82) is 0 Å². The second-order valence-electron chi connectivity index (χ2n) is 2.40. The zero-order valence-electron chi connectivity index (χ0n) is 6.65. The van der Waals surface area contributed by atoms with Crippen LogP contribution in [0.2, 0.25) is 0 Å². The van der Waals surface area contributed by atoms with Crippen molar-refractivity contribution in [3.8, 4) is 0 Å². The highest BCUT2D eigenvalue weighted by Crippen LogP contribution is 2.10. The van der Waals surface area contributed by atoms with Gasteiger partial charge in [0.1, 0.15) is 0 Å². The number of aromatic nitrogens is 2. The minimum absolute atomic E-state index is 0.168. The summed E-state index contributed by atoms with van der Waals surface area (Å²) in [4.78, 5) is 17.2. The number of thioether (sulfide) groups is 1. The lowest BCUT2D eigenvalue weighted by atomic mass is 10.5. The van der Waals surface area contributed by atoms with Gasteiger partial charge in [0.25, 0.3) is 5.56 Å². The number of aliphatic hydroxyl groups excluding tert-OH is 1. The maximum absolute atomic E-state index is 10.8. The summed E-state index contributed by atoms with van der Waals surface area (Å²) in [5.74, 6) is 0.535. The second-order valence-corrected chi connectivity index (χ2v) is 3.41. The number of hydrogen-bond acceptors (Lipinski definition) is 4. The van der Waals surface area contributed by atoms with Gasteiger partial charge in [-0.25, -0.2) is 4.98 Å². The normalized spacial score (nSPS) is 12.8. The van der Waals surface area contributed by atoms with Crippen molar-refractivity contribution in [1.82, 2.24) is 9.97 Å². The van der Waals surface area contributed by atoms with E-state index in [4.69, 9.17) is 5.11 Å². The van der Waals surface area contributed by atoms with Crippen molar-refractivity contribution in [2.75, 3.05) is 5.75 Å². The molecule has 0 radical (unpaired) electrons. The predicted octanol–water partition coefficient (Wildman–Crippen LogP) is 0.243. The standard InChI is InChI=1S/C7H10N2O2S/c1-5(10)4-12-7-8-3-2-6(11)9-7/h2-3,5,10H,4H2,1H3,(H,8,9,11)/t5-/m0/s1. The Bertz CT molecular complexity index is 297. The molecule has 66 valence electrons. The van der Waals surface area contributed by atoms with Gasteiger partial charge in [0, 0.05) is 18.0 Å². The molecule has 12 heavy (non-hydrogen) atoms. The van der Waals surface area contributed by atoms with E-state index in [1.165, 1.54) is 24.0 Å². The molecule has 0 spiro atoms. The van der Waals surface area contributed by atoms with Crippen molar-refractivity contribution in [3.05, 3.63) is 22.6 Å². The lowest BCUT2D eigenvalue weighted by Crippen LogP contribution is -2.08. The first-order valence-corrected chi connectivity index (χ1v) is 4.53. The molecule has 0 fully saturated rings. The Kier molecular flexibility index (Phi) is 3.31. The van der Waals surface area contributed by atoms with E-state index >= 15 is 0 Å². The quantitative estimate of drug-likeness (QED) is 0.524. The van der Waals surface area contributed by atoms with Gasteiger partial charge >= 0.3 is 0 Å². The van der Waals surface area contributed by atoms with Crippen LogP contribution >= 0.6 is 11.8 Å². The molecule has 0 saturated heterocycles. The molecule has 1 atom stereocenters. The fraction of sp³-hybridized carbons (Fsp3) is 0.429. The van der Waals surface area contributed by atoms with Crippen LogP contribution < -0.4 is 5.56 Å². The van der Waals surface area contributed by atoms with Gasteiger partial charge < -0.3 is 10.1 Å². The van der Waals surface area contributed by atoms with Crippen LogP contribution in [0.15, 0.2) is 22.2 Å². The summed E-state index contributed by atoms with van der Waals surface area (Å²) in [6.45, 7) is 1.69. The zero-order chi connectivity index (χ0) is 8.97. The van der Waals surface area contributed by atoms with Gasteiger partial charge in [0.2, 0.25) is 0 Å². The van der Waals surface area contributed by atoms with E-state index in [2.05, 4.69) is 9.97 Å². The molecule has 0 aliphatic carbocycles. The molecule has 1 rings (SSSR count). The third-order valence-electron chi connectivity index (χ3n) is 1.11. The van der Waals surface area contributed by atoms with E-state index in [9.17, 15) is 4.79 Å². The monoisotopic (exact) mass is 186 g/mol. The number of nitrogens with zero attached hydrogens (tertiary/aromatic N) is 1. The molecule has 0 unspecified atom stereocenters. The van der Waals surface area contributed by atoms with Crippen LogP contribution in [0.4, 0.5) is 0 Å². The molecule has 1 aromatic heterocycles. The number of aromatic amines is 1. The van der Waals surface area contributed by atoms with Gasteiger partial charge in [-0.1, -0.05) is 11.8 Å². The fourth-order valence-electron chi connectivity index (χ4n) is 0.625. The van der Waals surface area contributed by atoms with Crippen molar-refractivity contribution in [2.24, 2.45) is 0 Å². The molecule has 2 N–H and O–H groups in total. The number of H-pyrrole nitrogens is 1. The highest BCUT2D eigenvalue weighted by molar-refractivity contribution is 7.99. The van der Waals surface area contributed by atoms with Crippen molar-refractivity contribution in [2.45, 2.75) is 18.2 Å². The molecular formula is C7H10N2O2S. The third kappa shape index (κ3) is 3.06. The van der Waals surface area contributed by atoms with Gasteiger partial charge in [0.15, 0.2) is 5.16 Å². The third-order valence-corrected chi connectivity index (χ3v) is 2.24. The Labute approximate surface area is 74.0 Å². The fourth-order valence-corrected chi connectivity index (χ4v) is 1.33. The molecule has 0 bridgehead atoms. The average Bonchev–Trinajstić information content (AvgIpc) is 2.01. The van der Waals surface area contributed by atoms with Gasteiger partial charge in [-0.2, -0.15) is 0 Å². The Balaban J connectivity index is 2.58. The number of nitrogens with one attached hydrogen (secondary N) is 1. The Morgan fingerprint density at radius 3 is 3.17 bits per heavy atom. The molecule has 0 aromatic carbocycles. The van der Waals surface area contributed by atoms with Crippen molar-refractivity contribution >= 4 is 11.8 Å². The minimum atomic E-state index is -0.388. The number of rotatable bonds is 3. The minimum Gasteiger partial charge on any atom is -0.393 e. The van der Waals surface area contributed by atoms with Crippen LogP contribution in [-0.4, -0.2) is 26.9 Å². The van der Waals surface area contributed by atoms with E-state index in [0.717, 1.165) is 0 Å². The molecule has 4 nitrogen and oxygen atoms in total. The summed E-state index contributed by atoms with van der Waals surface area (Å²) < 4.78 is 0. The van der Waals surface area contributed by atoms with Gasteiger partial charge in [0.05, 0.1) is 6.10 Å². The van der Waals surface area contributed by atoms with Crippen LogP contribution in [0.25, 0.3) is 0 Å². The first-order chi connectivity index (χ1) is 5.68. The maximum atomic E-state index is 10.8. The van der Waals surface area contributed by atoms with Crippen LogP contribution in [-0.2, 0) is 0 Å². The van der Waals surface area contributed by atoms with E-state index in [-0.39, 0.29) is 11.7 Å². The Morgan fingerprint density at radius 2 is 2.58 bits per heavy atom. The van der Waals surface area contributed by atoms with Crippen LogP contribution in [0.1, 0.15) is 6.92 Å². The van der Waals surface area contributed by atoms with Crippen LogP contribution in [0.5, 0.6) is 0 Å². The largest absolute Gasteiger partial charge is 0.393 e. The lowest BCUT2D eigenvalue weighted by molar-refractivity contribution is 0.220. The maximum Gasteiger partial charge on any atom is 0.251 e. The van der Waals surface area contributed by atoms with Gasteiger partial charge in [-0.05, 0) is 6.92 Å². The predicted molar refractivity (Wildman–Crippen MR) is 47.3 cm³/mol. The van der Waals surface area contributed by atoms with E-state index in [1.54, 1.807) is 6.92 Å². The first kappa shape index (κ1) is 9.28. The van der Waals surface area contributed by atoms with E-state index in [0.29, 0.717) is 10.9 Å².